The molecule has 23 heavy (non-hydrogen) atoms. The summed E-state index contributed by atoms with van der Waals surface area (Å²) < 4.78 is 28.1. The van der Waals surface area contributed by atoms with E-state index in [0.717, 1.165) is 31.6 Å². The van der Waals surface area contributed by atoms with Crippen molar-refractivity contribution in [3.63, 3.8) is 0 Å². The molecule has 1 aromatic carbocycles. The van der Waals surface area contributed by atoms with E-state index in [2.05, 4.69) is 6.92 Å². The van der Waals surface area contributed by atoms with Gasteiger partial charge in [-0.15, -0.1) is 0 Å². The first-order chi connectivity index (χ1) is 11.0. The molecule has 0 radical (unpaired) electrons. The van der Waals surface area contributed by atoms with Gasteiger partial charge >= 0.3 is 7.12 Å². The van der Waals surface area contributed by atoms with E-state index in [4.69, 9.17) is 10.0 Å². The highest BCUT2D eigenvalue weighted by Gasteiger charge is 2.28. The summed E-state index contributed by atoms with van der Waals surface area (Å²) in [6.45, 7) is 2.21. The third-order valence-electron chi connectivity index (χ3n) is 5.17. The Kier molecular flexibility index (Phi) is 7.03. The standard InChI is InChI=1S/C18H27BF2O2/c1-2-3-4-5-6-13-7-9-14(10-8-13)15-11-12-16(19(22)23)18(21)17(15)20/h11-14,22-23H,2-10H2,1H3. The molecule has 1 aromatic rings. The Morgan fingerprint density at radius 2 is 1.70 bits per heavy atom. The topological polar surface area (TPSA) is 40.5 Å². The Morgan fingerprint density at radius 1 is 1.00 bits per heavy atom. The molecule has 0 spiro atoms. The SMILES string of the molecule is CCCCCCC1CCC(c2ccc(B(O)O)c(F)c2F)CC1. The summed E-state index contributed by atoms with van der Waals surface area (Å²) in [5.41, 5.74) is -0.00723. The predicted molar refractivity (Wildman–Crippen MR) is 89.6 cm³/mol. The van der Waals surface area contributed by atoms with E-state index >= 15 is 0 Å². The second kappa shape index (κ2) is 8.79. The number of hydrogen-bond donors (Lipinski definition) is 2. The summed E-state index contributed by atoms with van der Waals surface area (Å²) in [6, 6.07) is 2.80. The van der Waals surface area contributed by atoms with E-state index < -0.39 is 24.2 Å². The minimum Gasteiger partial charge on any atom is -0.423 e. The van der Waals surface area contributed by atoms with E-state index in [-0.39, 0.29) is 5.92 Å². The lowest BCUT2D eigenvalue weighted by atomic mass is 9.74. The lowest BCUT2D eigenvalue weighted by Crippen LogP contribution is -2.34. The number of unbranched alkanes of at least 4 members (excludes halogenated alkanes) is 3. The van der Waals surface area contributed by atoms with Crippen molar-refractivity contribution in [2.75, 3.05) is 0 Å². The van der Waals surface area contributed by atoms with Crippen molar-refractivity contribution >= 4 is 12.6 Å². The zero-order valence-corrected chi connectivity index (χ0v) is 13.9. The van der Waals surface area contributed by atoms with Gasteiger partial charge in [-0.2, -0.15) is 0 Å². The average Bonchev–Trinajstić information content (AvgIpc) is 2.54. The van der Waals surface area contributed by atoms with Crippen molar-refractivity contribution in [1.29, 1.82) is 0 Å². The van der Waals surface area contributed by atoms with E-state index in [1.165, 1.54) is 44.2 Å². The molecule has 2 N–H and O–H groups in total. The van der Waals surface area contributed by atoms with Crippen LogP contribution in [0.2, 0.25) is 0 Å². The van der Waals surface area contributed by atoms with Crippen molar-refractivity contribution in [3.8, 4) is 0 Å². The minimum atomic E-state index is -1.97. The van der Waals surface area contributed by atoms with Crippen molar-refractivity contribution < 1.29 is 18.8 Å². The molecule has 1 aliphatic rings. The first kappa shape index (κ1) is 18.4. The molecule has 1 aliphatic carbocycles. The molecular formula is C18H27BF2O2. The number of rotatable bonds is 7. The Balaban J connectivity index is 1.91. The number of halogens is 2. The van der Waals surface area contributed by atoms with Gasteiger partial charge in [0, 0.05) is 5.46 Å². The summed E-state index contributed by atoms with van der Waals surface area (Å²) in [6.07, 6.45) is 10.3. The zero-order chi connectivity index (χ0) is 16.8. The first-order valence-corrected chi connectivity index (χ1v) is 8.88. The van der Waals surface area contributed by atoms with Gasteiger partial charge in [0.2, 0.25) is 0 Å². The van der Waals surface area contributed by atoms with Crippen molar-refractivity contribution in [2.24, 2.45) is 5.92 Å². The smallest absolute Gasteiger partial charge is 0.423 e. The van der Waals surface area contributed by atoms with Gasteiger partial charge in [-0.05, 0) is 43.1 Å². The van der Waals surface area contributed by atoms with Crippen LogP contribution in [0.15, 0.2) is 12.1 Å². The van der Waals surface area contributed by atoms with E-state index in [1.54, 1.807) is 0 Å². The van der Waals surface area contributed by atoms with E-state index in [0.29, 0.717) is 5.56 Å². The molecule has 1 saturated carbocycles. The maximum absolute atomic E-state index is 14.2. The molecule has 128 valence electrons. The van der Waals surface area contributed by atoms with Crippen LogP contribution in [0.4, 0.5) is 8.78 Å². The summed E-state index contributed by atoms with van der Waals surface area (Å²) in [5, 5.41) is 18.1. The average molecular weight is 324 g/mol. The summed E-state index contributed by atoms with van der Waals surface area (Å²) in [7, 11) is -1.97. The Bertz CT molecular complexity index is 500. The van der Waals surface area contributed by atoms with Crippen LogP contribution < -0.4 is 5.46 Å². The molecule has 0 heterocycles. The fraction of sp³-hybridized carbons (Fsp3) is 0.667. The molecule has 0 saturated heterocycles. The van der Waals surface area contributed by atoms with Gasteiger partial charge in [-0.3, -0.25) is 0 Å². The van der Waals surface area contributed by atoms with Crippen LogP contribution in [0.25, 0.3) is 0 Å². The van der Waals surface area contributed by atoms with Crippen LogP contribution in [0, 0.1) is 17.6 Å². The third-order valence-corrected chi connectivity index (χ3v) is 5.17. The van der Waals surface area contributed by atoms with Crippen LogP contribution in [0.1, 0.15) is 76.2 Å². The minimum absolute atomic E-state index is 0.0428. The fourth-order valence-electron chi connectivity index (χ4n) is 3.72. The van der Waals surface area contributed by atoms with Crippen molar-refractivity contribution in [2.45, 2.75) is 70.6 Å². The normalized spacial score (nSPS) is 21.4. The summed E-state index contributed by atoms with van der Waals surface area (Å²) in [5.74, 6) is -1.28. The maximum Gasteiger partial charge on any atom is 0.491 e. The molecule has 5 heteroatoms. The maximum atomic E-state index is 14.2. The number of hydrogen-bond acceptors (Lipinski definition) is 2. The molecule has 0 unspecified atom stereocenters. The highest BCUT2D eigenvalue weighted by molar-refractivity contribution is 6.58. The number of benzene rings is 1. The molecule has 0 bridgehead atoms. The van der Waals surface area contributed by atoms with Gasteiger partial charge in [-0.25, -0.2) is 8.78 Å². The summed E-state index contributed by atoms with van der Waals surface area (Å²) >= 11 is 0. The second-order valence-corrected chi connectivity index (χ2v) is 6.81. The lowest BCUT2D eigenvalue weighted by molar-refractivity contribution is 0.297. The van der Waals surface area contributed by atoms with Crippen LogP contribution in [-0.2, 0) is 0 Å². The van der Waals surface area contributed by atoms with Gasteiger partial charge in [0.1, 0.15) is 0 Å². The second-order valence-electron chi connectivity index (χ2n) is 6.81. The van der Waals surface area contributed by atoms with Crippen LogP contribution in [0.5, 0.6) is 0 Å². The quantitative estimate of drug-likeness (QED) is 0.590. The highest BCUT2D eigenvalue weighted by atomic mass is 19.2. The largest absolute Gasteiger partial charge is 0.491 e. The molecule has 0 atom stereocenters. The van der Waals surface area contributed by atoms with Crippen molar-refractivity contribution in [1.82, 2.24) is 0 Å². The molecule has 2 nitrogen and oxygen atoms in total. The van der Waals surface area contributed by atoms with E-state index in [1.807, 2.05) is 0 Å². The molecule has 0 amide bonds. The lowest BCUT2D eigenvalue weighted by Gasteiger charge is -2.29. The summed E-state index contributed by atoms with van der Waals surface area (Å²) in [4.78, 5) is 0. The Hall–Kier alpha value is -0.935. The van der Waals surface area contributed by atoms with Crippen LogP contribution >= 0.6 is 0 Å². The molecule has 1 fully saturated rings. The first-order valence-electron chi connectivity index (χ1n) is 8.88. The zero-order valence-electron chi connectivity index (χ0n) is 13.9. The van der Waals surface area contributed by atoms with Gasteiger partial charge in [0.15, 0.2) is 11.6 Å². The van der Waals surface area contributed by atoms with Gasteiger partial charge in [0.25, 0.3) is 0 Å². The molecular weight excluding hydrogens is 297 g/mol. The fourth-order valence-corrected chi connectivity index (χ4v) is 3.72. The van der Waals surface area contributed by atoms with Crippen LogP contribution in [0.3, 0.4) is 0 Å². The molecule has 2 rings (SSSR count). The monoisotopic (exact) mass is 324 g/mol. The Morgan fingerprint density at radius 3 is 2.30 bits per heavy atom. The van der Waals surface area contributed by atoms with Crippen molar-refractivity contribution in [3.05, 3.63) is 29.3 Å². The molecule has 0 aromatic heterocycles. The van der Waals surface area contributed by atoms with Gasteiger partial charge in [-0.1, -0.05) is 51.2 Å². The van der Waals surface area contributed by atoms with Gasteiger partial charge in [0.05, 0.1) is 0 Å². The highest BCUT2D eigenvalue weighted by Crippen LogP contribution is 2.38. The molecule has 0 aliphatic heterocycles. The van der Waals surface area contributed by atoms with Gasteiger partial charge < -0.3 is 10.0 Å². The Labute approximate surface area is 138 Å². The van der Waals surface area contributed by atoms with E-state index in [9.17, 15) is 8.78 Å². The predicted octanol–water partition coefficient (Wildman–Crippen LogP) is 3.89. The third kappa shape index (κ3) is 4.77. The van der Waals surface area contributed by atoms with Crippen LogP contribution in [-0.4, -0.2) is 17.2 Å².